The van der Waals surface area contributed by atoms with Crippen molar-refractivity contribution in [2.75, 3.05) is 5.32 Å². The fourth-order valence-electron chi connectivity index (χ4n) is 1.86. The van der Waals surface area contributed by atoms with Crippen molar-refractivity contribution in [1.29, 1.82) is 0 Å². The van der Waals surface area contributed by atoms with Crippen molar-refractivity contribution in [2.24, 2.45) is 0 Å². The molecule has 0 aliphatic heterocycles. The Morgan fingerprint density at radius 2 is 2.06 bits per heavy atom. The molecule has 3 nitrogen and oxygen atoms in total. The van der Waals surface area contributed by atoms with E-state index in [1.54, 1.807) is 0 Å². The van der Waals surface area contributed by atoms with Crippen molar-refractivity contribution in [1.82, 2.24) is 8.75 Å². The van der Waals surface area contributed by atoms with Gasteiger partial charge in [0.1, 0.15) is 0 Å². The summed E-state index contributed by atoms with van der Waals surface area (Å²) >= 11 is 7.02. The first-order chi connectivity index (χ1) is 7.84. The summed E-state index contributed by atoms with van der Waals surface area (Å²) in [5, 5.41) is 3.79. The Balaban J connectivity index is 1.67. The average molecular weight is 252 g/mol. The first-order valence-electron chi connectivity index (χ1n) is 5.14. The van der Waals surface area contributed by atoms with Gasteiger partial charge in [-0.25, -0.2) is 0 Å². The third-order valence-corrected chi connectivity index (χ3v) is 3.68. The summed E-state index contributed by atoms with van der Waals surface area (Å²) < 4.78 is 8.04. The number of hydrogen-bond donors (Lipinski definition) is 1. The van der Waals surface area contributed by atoms with E-state index in [0.717, 1.165) is 24.0 Å². The highest BCUT2D eigenvalue weighted by Crippen LogP contribution is 2.43. The highest BCUT2D eigenvalue weighted by atomic mass is 35.5. The molecule has 5 heteroatoms. The van der Waals surface area contributed by atoms with Crippen molar-refractivity contribution in [3.05, 3.63) is 41.0 Å². The standard InChI is InChI=1S/C11H10ClN3S/c12-10-11(15-16-14-10)13-9-6-8(9)7-4-2-1-3-5-7/h1-5,8-9H,6H2,(H,13,15). The Bertz CT molecular complexity index is 485. The third-order valence-electron chi connectivity index (χ3n) is 2.79. The molecule has 1 saturated carbocycles. The zero-order chi connectivity index (χ0) is 11.0. The van der Waals surface area contributed by atoms with Crippen LogP contribution >= 0.6 is 23.3 Å². The molecule has 0 amide bonds. The molecule has 0 bridgehead atoms. The van der Waals surface area contributed by atoms with Gasteiger partial charge in [-0.1, -0.05) is 41.9 Å². The van der Waals surface area contributed by atoms with E-state index in [9.17, 15) is 0 Å². The highest BCUT2D eigenvalue weighted by molar-refractivity contribution is 6.99. The van der Waals surface area contributed by atoms with Crippen molar-refractivity contribution < 1.29 is 0 Å². The minimum Gasteiger partial charge on any atom is -0.363 e. The fraction of sp³-hybridized carbons (Fsp3) is 0.273. The third kappa shape index (κ3) is 1.90. The summed E-state index contributed by atoms with van der Waals surface area (Å²) in [5.74, 6) is 1.30. The van der Waals surface area contributed by atoms with Gasteiger partial charge >= 0.3 is 0 Å². The van der Waals surface area contributed by atoms with E-state index < -0.39 is 0 Å². The summed E-state index contributed by atoms with van der Waals surface area (Å²) in [5.41, 5.74) is 1.37. The van der Waals surface area contributed by atoms with Crippen LogP contribution in [0.4, 0.5) is 5.82 Å². The summed E-state index contributed by atoms with van der Waals surface area (Å²) in [7, 11) is 0. The van der Waals surface area contributed by atoms with Crippen LogP contribution < -0.4 is 5.32 Å². The lowest BCUT2D eigenvalue weighted by molar-refractivity contribution is 1.04. The normalized spacial score (nSPS) is 23.1. The van der Waals surface area contributed by atoms with E-state index in [-0.39, 0.29) is 0 Å². The molecule has 0 radical (unpaired) electrons. The second-order valence-electron chi connectivity index (χ2n) is 3.91. The quantitative estimate of drug-likeness (QED) is 0.911. The second kappa shape index (κ2) is 4.03. The summed E-state index contributed by atoms with van der Waals surface area (Å²) in [6.45, 7) is 0. The van der Waals surface area contributed by atoms with E-state index in [1.165, 1.54) is 5.56 Å². The van der Waals surface area contributed by atoms with Gasteiger partial charge in [-0.3, -0.25) is 0 Å². The van der Waals surface area contributed by atoms with Crippen LogP contribution in [0.15, 0.2) is 30.3 Å². The van der Waals surface area contributed by atoms with E-state index in [2.05, 4.69) is 38.3 Å². The lowest BCUT2D eigenvalue weighted by Gasteiger charge is -2.02. The number of nitrogens with one attached hydrogen (secondary N) is 1. The van der Waals surface area contributed by atoms with Crippen LogP contribution in [0.5, 0.6) is 0 Å². The maximum Gasteiger partial charge on any atom is 0.186 e. The molecular formula is C11H10ClN3S. The molecule has 0 saturated heterocycles. The van der Waals surface area contributed by atoms with Gasteiger partial charge in [-0.15, -0.1) is 0 Å². The number of aromatic nitrogens is 2. The topological polar surface area (TPSA) is 37.8 Å². The molecule has 2 unspecified atom stereocenters. The Labute approximate surface area is 103 Å². The first-order valence-corrected chi connectivity index (χ1v) is 6.25. The molecule has 0 spiro atoms. The van der Waals surface area contributed by atoms with Gasteiger partial charge in [0.05, 0.1) is 11.7 Å². The van der Waals surface area contributed by atoms with Gasteiger partial charge in [0.2, 0.25) is 0 Å². The largest absolute Gasteiger partial charge is 0.363 e. The first kappa shape index (κ1) is 10.1. The van der Waals surface area contributed by atoms with E-state index in [4.69, 9.17) is 11.6 Å². The minimum absolute atomic E-state index is 0.448. The molecule has 1 aliphatic carbocycles. The Kier molecular flexibility index (Phi) is 2.53. The summed E-state index contributed by atoms with van der Waals surface area (Å²) in [6.07, 6.45) is 1.14. The molecule has 82 valence electrons. The minimum atomic E-state index is 0.448. The SMILES string of the molecule is Clc1nsnc1NC1CC1c1ccccc1. The molecular weight excluding hydrogens is 242 g/mol. The molecule has 1 aromatic carbocycles. The molecule has 3 rings (SSSR count). The number of hydrogen-bond acceptors (Lipinski definition) is 4. The van der Waals surface area contributed by atoms with Crippen LogP contribution in [0.2, 0.25) is 5.15 Å². The van der Waals surface area contributed by atoms with Crippen molar-refractivity contribution in [3.63, 3.8) is 0 Å². The smallest absolute Gasteiger partial charge is 0.186 e. The molecule has 1 N–H and O–H groups in total. The Hall–Kier alpha value is -1.13. The van der Waals surface area contributed by atoms with Gasteiger partial charge in [0.25, 0.3) is 0 Å². The van der Waals surface area contributed by atoms with Crippen molar-refractivity contribution in [2.45, 2.75) is 18.4 Å². The molecule has 16 heavy (non-hydrogen) atoms. The predicted octanol–water partition coefficient (Wildman–Crippen LogP) is 3.16. The second-order valence-corrected chi connectivity index (χ2v) is 4.79. The highest BCUT2D eigenvalue weighted by Gasteiger charge is 2.38. The van der Waals surface area contributed by atoms with Gasteiger partial charge in [-0.05, 0) is 12.0 Å². The van der Waals surface area contributed by atoms with Gasteiger partial charge in [0, 0.05) is 12.0 Å². The van der Waals surface area contributed by atoms with Crippen LogP contribution in [-0.4, -0.2) is 14.8 Å². The zero-order valence-electron chi connectivity index (χ0n) is 8.43. The van der Waals surface area contributed by atoms with Crippen LogP contribution in [-0.2, 0) is 0 Å². The number of benzene rings is 1. The summed E-state index contributed by atoms with van der Waals surface area (Å²) in [6, 6.07) is 10.9. The van der Waals surface area contributed by atoms with Crippen LogP contribution in [0.1, 0.15) is 17.9 Å². The molecule has 2 aromatic rings. The number of nitrogens with zero attached hydrogens (tertiary/aromatic N) is 2. The molecule has 1 aliphatic rings. The molecule has 1 heterocycles. The number of rotatable bonds is 3. The summed E-state index contributed by atoms with van der Waals surface area (Å²) in [4.78, 5) is 0. The van der Waals surface area contributed by atoms with E-state index in [0.29, 0.717) is 17.1 Å². The lowest BCUT2D eigenvalue weighted by atomic mass is 10.1. The molecule has 1 fully saturated rings. The Morgan fingerprint density at radius 1 is 1.25 bits per heavy atom. The maximum absolute atomic E-state index is 5.88. The predicted molar refractivity (Wildman–Crippen MR) is 66.1 cm³/mol. The van der Waals surface area contributed by atoms with E-state index in [1.807, 2.05) is 6.07 Å². The Morgan fingerprint density at radius 3 is 2.75 bits per heavy atom. The maximum atomic E-state index is 5.88. The molecule has 2 atom stereocenters. The number of halogens is 1. The fourth-order valence-corrected chi connectivity index (χ4v) is 2.52. The average Bonchev–Trinajstić information content (AvgIpc) is 2.97. The molecule has 1 aromatic heterocycles. The van der Waals surface area contributed by atoms with E-state index >= 15 is 0 Å². The zero-order valence-corrected chi connectivity index (χ0v) is 10.0. The van der Waals surface area contributed by atoms with Crippen molar-refractivity contribution >= 4 is 29.1 Å². The number of anilines is 1. The van der Waals surface area contributed by atoms with Crippen LogP contribution in [0.25, 0.3) is 0 Å². The van der Waals surface area contributed by atoms with Crippen LogP contribution in [0, 0.1) is 0 Å². The van der Waals surface area contributed by atoms with Gasteiger partial charge in [-0.2, -0.15) is 8.75 Å². The van der Waals surface area contributed by atoms with Gasteiger partial charge in [0.15, 0.2) is 11.0 Å². The van der Waals surface area contributed by atoms with Crippen LogP contribution in [0.3, 0.4) is 0 Å². The lowest BCUT2D eigenvalue weighted by Crippen LogP contribution is -2.04. The monoisotopic (exact) mass is 251 g/mol. The van der Waals surface area contributed by atoms with Gasteiger partial charge < -0.3 is 5.32 Å². The van der Waals surface area contributed by atoms with Crippen molar-refractivity contribution in [3.8, 4) is 0 Å².